The predicted octanol–water partition coefficient (Wildman–Crippen LogP) is 2.39. The van der Waals surface area contributed by atoms with Gasteiger partial charge < -0.3 is 20.0 Å². The summed E-state index contributed by atoms with van der Waals surface area (Å²) in [6.45, 7) is 0. The highest BCUT2D eigenvalue weighted by atomic mass is 32.2. The number of carbonyl (C=O) groups is 1. The lowest BCUT2D eigenvalue weighted by molar-refractivity contribution is 0.102. The second-order valence-corrected chi connectivity index (χ2v) is 6.93. The number of ether oxygens (including phenoxy) is 1. The van der Waals surface area contributed by atoms with Crippen LogP contribution in [0.1, 0.15) is 16.8 Å². The molecule has 3 heterocycles. The molecule has 1 aliphatic heterocycles. The number of amides is 1. The van der Waals surface area contributed by atoms with Crippen LogP contribution in [0.4, 0.5) is 5.69 Å². The zero-order valence-corrected chi connectivity index (χ0v) is 14.1. The van der Waals surface area contributed by atoms with Crippen molar-refractivity contribution >= 4 is 34.4 Å². The van der Waals surface area contributed by atoms with Crippen LogP contribution in [0, 0.1) is 0 Å². The Morgan fingerprint density at radius 2 is 2.12 bits per heavy atom. The molecule has 0 bridgehead atoms. The number of benzene rings is 1. The van der Waals surface area contributed by atoms with E-state index in [-0.39, 0.29) is 17.7 Å². The Hall–Kier alpha value is -2.74. The van der Waals surface area contributed by atoms with Gasteiger partial charge >= 0.3 is 5.69 Å². The molecule has 3 N–H and O–H groups in total. The van der Waals surface area contributed by atoms with Crippen molar-refractivity contribution in [3.63, 3.8) is 0 Å². The summed E-state index contributed by atoms with van der Waals surface area (Å²) in [6, 6.07) is 8.47. The minimum absolute atomic E-state index is 0.156. The monoisotopic (exact) mass is 356 g/mol. The van der Waals surface area contributed by atoms with Crippen molar-refractivity contribution in [2.75, 3.05) is 16.8 Å². The number of nitrogens with zero attached hydrogens (tertiary/aromatic N) is 1. The molecule has 3 aromatic rings. The number of nitrogens with one attached hydrogen (secondary N) is 3. The quantitative estimate of drug-likeness (QED) is 0.666. The molecule has 7 nitrogen and oxygen atoms in total. The van der Waals surface area contributed by atoms with Gasteiger partial charge in [0.2, 0.25) is 5.88 Å². The molecule has 1 atom stereocenters. The highest BCUT2D eigenvalue weighted by Gasteiger charge is 2.18. The van der Waals surface area contributed by atoms with Crippen LogP contribution in [0.15, 0.2) is 41.3 Å². The zero-order valence-electron chi connectivity index (χ0n) is 13.2. The van der Waals surface area contributed by atoms with E-state index in [0.717, 1.165) is 17.9 Å². The molecule has 0 unspecified atom stereocenters. The number of hydrogen-bond acceptors (Lipinski definition) is 5. The maximum absolute atomic E-state index is 12.5. The number of rotatable bonds is 4. The Bertz CT molecular complexity index is 975. The number of pyridine rings is 1. The molecule has 4 rings (SSSR count). The molecule has 1 fully saturated rings. The van der Waals surface area contributed by atoms with Crippen molar-refractivity contribution < 1.29 is 9.53 Å². The Balaban J connectivity index is 1.50. The average molecular weight is 356 g/mol. The van der Waals surface area contributed by atoms with Crippen molar-refractivity contribution in [2.45, 2.75) is 12.5 Å². The third-order valence-electron chi connectivity index (χ3n) is 3.95. The molecule has 1 aliphatic rings. The smallest absolute Gasteiger partial charge is 0.323 e. The van der Waals surface area contributed by atoms with Gasteiger partial charge in [-0.15, -0.1) is 0 Å². The second kappa shape index (κ2) is 6.64. The van der Waals surface area contributed by atoms with Crippen LogP contribution < -0.4 is 15.7 Å². The summed E-state index contributed by atoms with van der Waals surface area (Å²) in [5, 5.41) is 2.82. The first-order valence-corrected chi connectivity index (χ1v) is 9.07. The third-order valence-corrected chi connectivity index (χ3v) is 5.08. The van der Waals surface area contributed by atoms with Crippen molar-refractivity contribution in [1.29, 1.82) is 0 Å². The first-order valence-electron chi connectivity index (χ1n) is 7.91. The summed E-state index contributed by atoms with van der Waals surface area (Å²) in [5.41, 5.74) is 2.12. The van der Waals surface area contributed by atoms with E-state index in [2.05, 4.69) is 20.3 Å². The predicted molar refractivity (Wildman–Crippen MR) is 97.5 cm³/mol. The van der Waals surface area contributed by atoms with Crippen LogP contribution in [0.2, 0.25) is 0 Å². The van der Waals surface area contributed by atoms with E-state index in [4.69, 9.17) is 4.74 Å². The van der Waals surface area contributed by atoms with Gasteiger partial charge in [0.1, 0.15) is 6.10 Å². The maximum Gasteiger partial charge on any atom is 0.323 e. The van der Waals surface area contributed by atoms with Crippen molar-refractivity contribution in [1.82, 2.24) is 15.0 Å². The standard InChI is InChI=1S/C17H16N4O3S/c22-16(19-11-1-2-13-14(8-11)21-17(23)20-13)10-3-5-18-15(7-10)24-12-4-6-25-9-12/h1-3,5,7-8,12H,4,6,9H2,(H,19,22)(H2,20,21,23)/t12-/m1/s1. The van der Waals surface area contributed by atoms with E-state index < -0.39 is 0 Å². The Morgan fingerprint density at radius 3 is 2.96 bits per heavy atom. The van der Waals surface area contributed by atoms with E-state index in [1.807, 2.05) is 11.8 Å². The summed E-state index contributed by atoms with van der Waals surface area (Å²) in [5.74, 6) is 2.25. The summed E-state index contributed by atoms with van der Waals surface area (Å²) in [4.78, 5) is 33.3. The molecule has 1 saturated heterocycles. The molecular formula is C17H16N4O3S. The normalized spacial score (nSPS) is 16.9. The number of anilines is 1. The summed E-state index contributed by atoms with van der Waals surface area (Å²) >= 11 is 1.86. The van der Waals surface area contributed by atoms with Crippen molar-refractivity contribution in [3.8, 4) is 5.88 Å². The first-order chi connectivity index (χ1) is 12.2. The average Bonchev–Trinajstić information content (AvgIpc) is 3.23. The molecular weight excluding hydrogens is 340 g/mol. The van der Waals surface area contributed by atoms with Crippen LogP contribution in [0.25, 0.3) is 11.0 Å². The van der Waals surface area contributed by atoms with Gasteiger partial charge in [0.05, 0.1) is 11.0 Å². The molecule has 25 heavy (non-hydrogen) atoms. The highest BCUT2D eigenvalue weighted by Crippen LogP contribution is 2.23. The Labute approximate surface area is 147 Å². The fourth-order valence-corrected chi connectivity index (χ4v) is 3.80. The van der Waals surface area contributed by atoms with Gasteiger partial charge in [-0.05, 0) is 36.4 Å². The van der Waals surface area contributed by atoms with Gasteiger partial charge in [0.25, 0.3) is 5.91 Å². The summed E-state index contributed by atoms with van der Waals surface area (Å²) in [6.07, 6.45) is 2.72. The van der Waals surface area contributed by atoms with Gasteiger partial charge in [0, 0.05) is 29.3 Å². The van der Waals surface area contributed by atoms with Crippen LogP contribution >= 0.6 is 11.8 Å². The summed E-state index contributed by atoms with van der Waals surface area (Å²) in [7, 11) is 0. The number of thioether (sulfide) groups is 1. The molecule has 1 aromatic carbocycles. The van der Waals surface area contributed by atoms with Crippen molar-refractivity contribution in [2.24, 2.45) is 0 Å². The number of fused-ring (bicyclic) bond motifs is 1. The van der Waals surface area contributed by atoms with E-state index >= 15 is 0 Å². The topological polar surface area (TPSA) is 99.9 Å². The molecule has 0 radical (unpaired) electrons. The number of H-pyrrole nitrogens is 2. The van der Waals surface area contributed by atoms with Gasteiger partial charge in [-0.25, -0.2) is 9.78 Å². The number of carbonyl (C=O) groups excluding carboxylic acids is 1. The molecule has 8 heteroatoms. The second-order valence-electron chi connectivity index (χ2n) is 5.78. The van der Waals surface area contributed by atoms with Crippen LogP contribution in [-0.4, -0.2) is 38.5 Å². The van der Waals surface area contributed by atoms with Gasteiger partial charge in [0.15, 0.2) is 0 Å². The molecule has 0 aliphatic carbocycles. The first kappa shape index (κ1) is 15.8. The molecule has 0 saturated carbocycles. The molecule has 1 amide bonds. The lowest BCUT2D eigenvalue weighted by Gasteiger charge is -2.12. The number of hydrogen-bond donors (Lipinski definition) is 3. The van der Waals surface area contributed by atoms with Crippen LogP contribution in [-0.2, 0) is 0 Å². The maximum atomic E-state index is 12.5. The van der Waals surface area contributed by atoms with Crippen LogP contribution in [0.3, 0.4) is 0 Å². The lowest BCUT2D eigenvalue weighted by atomic mass is 10.2. The Morgan fingerprint density at radius 1 is 1.24 bits per heavy atom. The summed E-state index contributed by atoms with van der Waals surface area (Å²) < 4.78 is 5.82. The largest absolute Gasteiger partial charge is 0.473 e. The van der Waals surface area contributed by atoms with Gasteiger partial charge in [-0.3, -0.25) is 4.79 Å². The Kier molecular flexibility index (Phi) is 4.19. The van der Waals surface area contributed by atoms with Gasteiger partial charge in [-0.1, -0.05) is 0 Å². The number of aromatic amines is 2. The molecule has 128 valence electrons. The SMILES string of the molecule is O=C(Nc1ccc2[nH]c(=O)[nH]c2c1)c1ccnc(O[C@@H]2CCSC2)c1. The minimum atomic E-state index is -0.278. The fourth-order valence-electron chi connectivity index (χ4n) is 2.71. The van der Waals surface area contributed by atoms with Crippen LogP contribution in [0.5, 0.6) is 5.88 Å². The third kappa shape index (κ3) is 3.53. The molecule has 2 aromatic heterocycles. The minimum Gasteiger partial charge on any atom is -0.473 e. The van der Waals surface area contributed by atoms with E-state index in [1.54, 1.807) is 36.5 Å². The fraction of sp³-hybridized carbons (Fsp3) is 0.235. The number of imidazole rings is 1. The van der Waals surface area contributed by atoms with E-state index in [1.165, 1.54) is 0 Å². The van der Waals surface area contributed by atoms with E-state index in [9.17, 15) is 9.59 Å². The van der Waals surface area contributed by atoms with Crippen molar-refractivity contribution in [3.05, 3.63) is 52.6 Å². The number of aromatic nitrogens is 3. The van der Waals surface area contributed by atoms with E-state index in [0.29, 0.717) is 28.2 Å². The highest BCUT2D eigenvalue weighted by molar-refractivity contribution is 7.99. The lowest BCUT2D eigenvalue weighted by Crippen LogP contribution is -2.17. The van der Waals surface area contributed by atoms with Gasteiger partial charge in [-0.2, -0.15) is 11.8 Å². The zero-order chi connectivity index (χ0) is 17.2. The molecule has 0 spiro atoms.